The number of likely N-dealkylation sites (tertiary alicyclic amines) is 1. The van der Waals surface area contributed by atoms with E-state index in [1.54, 1.807) is 35.4 Å². The van der Waals surface area contributed by atoms with Gasteiger partial charge in [0.1, 0.15) is 18.1 Å². The van der Waals surface area contributed by atoms with Gasteiger partial charge in [-0.25, -0.2) is 10.8 Å². The van der Waals surface area contributed by atoms with Crippen molar-refractivity contribution in [1.29, 1.82) is 0 Å². The molecule has 162 valence electrons. The third-order valence-corrected chi connectivity index (χ3v) is 5.79. The number of amides is 1. The van der Waals surface area contributed by atoms with Crippen LogP contribution in [-0.2, 0) is 11.3 Å². The first kappa shape index (κ1) is 20.9. The molecule has 2 aromatic heterocycles. The van der Waals surface area contributed by atoms with Crippen LogP contribution in [-0.4, -0.2) is 55.2 Å². The van der Waals surface area contributed by atoms with Gasteiger partial charge in [-0.3, -0.25) is 24.3 Å². The Morgan fingerprint density at radius 3 is 2.71 bits per heavy atom. The molecule has 0 spiro atoms. The number of aromatic nitrogens is 3. The van der Waals surface area contributed by atoms with Crippen molar-refractivity contribution >= 4 is 34.4 Å². The standard InChI is InChI=1S/C22H27N7O2/c1-5-20-25-8-16(11-28(20)23)18-7-17-19(9-24-18)29(26-22(17)15(4)30)12-21(31)27-10-13(2)6-14(27)3/h5,7-9,11,13-14H,6,10,12,23H2,1-4H3/b20-5-. The highest BCUT2D eigenvalue weighted by molar-refractivity contribution is 6.12. The molecule has 2 atom stereocenters. The molecule has 0 aliphatic carbocycles. The highest BCUT2D eigenvalue weighted by atomic mass is 16.2. The van der Waals surface area contributed by atoms with Crippen molar-refractivity contribution in [2.75, 3.05) is 6.54 Å². The molecule has 0 radical (unpaired) electrons. The predicted molar refractivity (Wildman–Crippen MR) is 119 cm³/mol. The second-order valence-corrected chi connectivity index (χ2v) is 8.28. The summed E-state index contributed by atoms with van der Waals surface area (Å²) >= 11 is 0. The summed E-state index contributed by atoms with van der Waals surface area (Å²) in [5.41, 5.74) is 2.31. The minimum Gasteiger partial charge on any atom is -0.338 e. The summed E-state index contributed by atoms with van der Waals surface area (Å²) in [6.45, 7) is 8.37. The van der Waals surface area contributed by atoms with E-state index in [9.17, 15) is 9.59 Å². The average molecular weight is 422 g/mol. The Kier molecular flexibility index (Phi) is 5.45. The molecule has 1 amide bonds. The lowest BCUT2D eigenvalue weighted by Crippen LogP contribution is -2.36. The van der Waals surface area contributed by atoms with Crippen LogP contribution in [0.25, 0.3) is 16.5 Å². The van der Waals surface area contributed by atoms with Gasteiger partial charge in [0.2, 0.25) is 5.91 Å². The van der Waals surface area contributed by atoms with Crippen LogP contribution in [0.2, 0.25) is 0 Å². The minimum absolute atomic E-state index is 0.000191. The zero-order valence-electron chi connectivity index (χ0n) is 18.2. The lowest BCUT2D eigenvalue weighted by molar-refractivity contribution is -0.132. The van der Waals surface area contributed by atoms with E-state index >= 15 is 0 Å². The summed E-state index contributed by atoms with van der Waals surface area (Å²) in [5, 5.41) is 6.53. The molecule has 2 aliphatic rings. The Bertz CT molecular complexity index is 1140. The van der Waals surface area contributed by atoms with Crippen molar-refractivity contribution in [3.63, 3.8) is 0 Å². The number of rotatable bonds is 4. The molecule has 4 rings (SSSR count). The van der Waals surface area contributed by atoms with Crippen molar-refractivity contribution in [3.8, 4) is 0 Å². The zero-order valence-corrected chi connectivity index (χ0v) is 18.2. The van der Waals surface area contributed by atoms with Gasteiger partial charge in [0.05, 0.1) is 17.4 Å². The normalized spacial score (nSPS) is 22.5. The van der Waals surface area contributed by atoms with Crippen LogP contribution in [0, 0.1) is 5.92 Å². The fourth-order valence-corrected chi connectivity index (χ4v) is 4.28. The molecule has 1 saturated heterocycles. The average Bonchev–Trinajstić information content (AvgIpc) is 3.26. The number of fused-ring (bicyclic) bond motifs is 1. The summed E-state index contributed by atoms with van der Waals surface area (Å²) in [4.78, 5) is 35.9. The van der Waals surface area contributed by atoms with Gasteiger partial charge in [-0.1, -0.05) is 6.92 Å². The number of carbonyl (C=O) groups is 2. The smallest absolute Gasteiger partial charge is 0.244 e. The Morgan fingerprint density at radius 1 is 1.32 bits per heavy atom. The molecular weight excluding hydrogens is 394 g/mol. The third-order valence-electron chi connectivity index (χ3n) is 5.79. The number of carbonyl (C=O) groups excluding carboxylic acids is 2. The van der Waals surface area contributed by atoms with Gasteiger partial charge < -0.3 is 4.90 Å². The maximum Gasteiger partial charge on any atom is 0.244 e. The molecule has 2 aliphatic heterocycles. The van der Waals surface area contributed by atoms with E-state index in [4.69, 9.17) is 5.84 Å². The largest absolute Gasteiger partial charge is 0.338 e. The van der Waals surface area contributed by atoms with Gasteiger partial charge in [0.25, 0.3) is 0 Å². The number of ketones is 1. The fraction of sp³-hybridized carbons (Fsp3) is 0.409. The van der Waals surface area contributed by atoms with Crippen LogP contribution >= 0.6 is 0 Å². The summed E-state index contributed by atoms with van der Waals surface area (Å²) in [6, 6.07) is 2.01. The number of pyridine rings is 1. The molecule has 1 fully saturated rings. The van der Waals surface area contributed by atoms with Crippen LogP contribution in [0.1, 0.15) is 50.3 Å². The Labute approximate surface area is 180 Å². The second-order valence-electron chi connectivity index (χ2n) is 8.28. The van der Waals surface area contributed by atoms with Crippen LogP contribution in [0.3, 0.4) is 0 Å². The molecule has 2 N–H and O–H groups in total. The van der Waals surface area contributed by atoms with Gasteiger partial charge in [0, 0.05) is 42.9 Å². The van der Waals surface area contributed by atoms with Gasteiger partial charge in [-0.15, -0.1) is 0 Å². The van der Waals surface area contributed by atoms with Crippen molar-refractivity contribution in [2.45, 2.75) is 46.7 Å². The van der Waals surface area contributed by atoms with Crippen LogP contribution in [0.4, 0.5) is 0 Å². The molecular formula is C22H27N7O2. The van der Waals surface area contributed by atoms with Crippen molar-refractivity contribution < 1.29 is 9.59 Å². The van der Waals surface area contributed by atoms with Gasteiger partial charge in [0.15, 0.2) is 5.78 Å². The zero-order chi connectivity index (χ0) is 22.3. The maximum atomic E-state index is 12.9. The number of hydrogen-bond donors (Lipinski definition) is 1. The van der Waals surface area contributed by atoms with E-state index in [1.165, 1.54) is 11.9 Å². The van der Waals surface area contributed by atoms with Gasteiger partial charge in [-0.05, 0) is 38.3 Å². The van der Waals surface area contributed by atoms with Crippen LogP contribution in [0.5, 0.6) is 0 Å². The highest BCUT2D eigenvalue weighted by Crippen LogP contribution is 2.26. The minimum atomic E-state index is -0.167. The maximum absolute atomic E-state index is 12.9. The number of Topliss-reactive ketones (excluding diaryl/α,β-unsaturated/α-hetero) is 1. The summed E-state index contributed by atoms with van der Waals surface area (Å²) in [6.07, 6.45) is 7.86. The van der Waals surface area contributed by atoms with E-state index in [0.29, 0.717) is 39.6 Å². The topological polar surface area (TPSA) is 110 Å². The molecule has 0 bridgehead atoms. The Morgan fingerprint density at radius 2 is 2.10 bits per heavy atom. The molecule has 9 heteroatoms. The summed E-state index contributed by atoms with van der Waals surface area (Å²) in [7, 11) is 0. The lowest BCUT2D eigenvalue weighted by atomic mass is 10.1. The van der Waals surface area contributed by atoms with E-state index in [0.717, 1.165) is 13.0 Å². The number of allylic oxidation sites excluding steroid dienone is 2. The lowest BCUT2D eigenvalue weighted by Gasteiger charge is -2.21. The first-order chi connectivity index (χ1) is 14.8. The predicted octanol–water partition coefficient (Wildman–Crippen LogP) is 2.35. The van der Waals surface area contributed by atoms with E-state index in [2.05, 4.69) is 28.9 Å². The number of hydrazine groups is 1. The van der Waals surface area contributed by atoms with Crippen LogP contribution in [0.15, 0.2) is 35.4 Å². The molecule has 31 heavy (non-hydrogen) atoms. The van der Waals surface area contributed by atoms with Crippen molar-refractivity contribution in [1.82, 2.24) is 24.7 Å². The van der Waals surface area contributed by atoms with Gasteiger partial charge in [-0.2, -0.15) is 5.10 Å². The number of nitrogens with zero attached hydrogens (tertiary/aromatic N) is 6. The third kappa shape index (κ3) is 3.88. The molecule has 0 aromatic carbocycles. The first-order valence-corrected chi connectivity index (χ1v) is 10.4. The van der Waals surface area contributed by atoms with Crippen molar-refractivity contribution in [2.24, 2.45) is 16.8 Å². The quantitative estimate of drug-likeness (QED) is 0.599. The monoisotopic (exact) mass is 421 g/mol. The molecule has 2 unspecified atom stereocenters. The first-order valence-electron chi connectivity index (χ1n) is 10.4. The second kappa shape index (κ2) is 8.07. The van der Waals surface area contributed by atoms with Gasteiger partial charge >= 0.3 is 0 Å². The Balaban J connectivity index is 1.69. The number of nitrogens with two attached hydrogens (primary N) is 1. The SMILES string of the molecule is C/C=C1/N=CC(c2cc3c(C(C)=O)nn(CC(=O)N4CC(C)CC4C)c3cn2)=CN1N. The molecule has 0 saturated carbocycles. The molecule has 2 aromatic rings. The van der Waals surface area contributed by atoms with E-state index in [-0.39, 0.29) is 24.3 Å². The number of hydrogen-bond acceptors (Lipinski definition) is 7. The molecule has 9 nitrogen and oxygen atoms in total. The van der Waals surface area contributed by atoms with E-state index in [1.807, 2.05) is 11.8 Å². The fourth-order valence-electron chi connectivity index (χ4n) is 4.28. The van der Waals surface area contributed by atoms with E-state index < -0.39 is 0 Å². The summed E-state index contributed by atoms with van der Waals surface area (Å²) in [5.74, 6) is 6.93. The molecule has 4 heterocycles. The highest BCUT2D eigenvalue weighted by Gasteiger charge is 2.30. The van der Waals surface area contributed by atoms with Crippen molar-refractivity contribution in [3.05, 3.63) is 41.7 Å². The summed E-state index contributed by atoms with van der Waals surface area (Å²) < 4.78 is 1.58. The Hall–Kier alpha value is -3.33. The number of aliphatic imine (C=N–C) groups is 1. The van der Waals surface area contributed by atoms with Crippen LogP contribution < -0.4 is 5.84 Å².